The van der Waals surface area contributed by atoms with E-state index in [2.05, 4.69) is 29.6 Å². The van der Waals surface area contributed by atoms with Crippen LogP contribution in [-0.4, -0.2) is 11.0 Å². The molecule has 0 aliphatic carbocycles. The monoisotopic (exact) mass is 178 g/mol. The van der Waals surface area contributed by atoms with Crippen molar-refractivity contribution in [3.8, 4) is 0 Å². The molecule has 1 nitrogen and oxygen atoms in total. The second kappa shape index (κ2) is 6.76. The van der Waals surface area contributed by atoms with Crippen molar-refractivity contribution >= 4 is 29.2 Å². The summed E-state index contributed by atoms with van der Waals surface area (Å²) in [7, 11) is 0. The van der Waals surface area contributed by atoms with Crippen LogP contribution < -0.4 is 0 Å². The molecule has 0 aliphatic rings. The van der Waals surface area contributed by atoms with E-state index in [1.54, 1.807) is 0 Å². The zero-order valence-corrected chi connectivity index (χ0v) is 6.64. The molecule has 0 saturated carbocycles. The Kier molecular flexibility index (Phi) is 10.3. The van der Waals surface area contributed by atoms with Crippen molar-refractivity contribution in [1.82, 2.24) is 0 Å². The Morgan fingerprint density at radius 1 is 1.86 bits per heavy atom. The maximum absolute atomic E-state index is 4.64. The van der Waals surface area contributed by atoms with Crippen molar-refractivity contribution in [3.63, 3.8) is 0 Å². The molecule has 0 aromatic heterocycles. The van der Waals surface area contributed by atoms with E-state index in [0.717, 1.165) is 0 Å². The van der Waals surface area contributed by atoms with Gasteiger partial charge in [-0.25, -0.2) is 0 Å². The van der Waals surface area contributed by atoms with E-state index in [4.69, 9.17) is 0 Å². The summed E-state index contributed by atoms with van der Waals surface area (Å²) in [6.45, 7) is 2.48. The van der Waals surface area contributed by atoms with Gasteiger partial charge in [0.15, 0.2) is 0 Å². The molecule has 44 valence electrons. The molecule has 0 heterocycles. The molecule has 0 spiro atoms. The summed E-state index contributed by atoms with van der Waals surface area (Å²) in [5, 5.41) is 0. The van der Waals surface area contributed by atoms with Crippen molar-refractivity contribution in [2.24, 2.45) is 0 Å². The van der Waals surface area contributed by atoms with Crippen LogP contribution in [0.25, 0.3) is 0 Å². The molecule has 0 rings (SSSR count). The van der Waals surface area contributed by atoms with Crippen LogP contribution in [0.5, 0.6) is 0 Å². The van der Waals surface area contributed by atoms with Crippen molar-refractivity contribution in [3.05, 3.63) is 0 Å². The van der Waals surface area contributed by atoms with Gasteiger partial charge in [-0.05, 0) is 19.1 Å². The van der Waals surface area contributed by atoms with E-state index >= 15 is 0 Å². The van der Waals surface area contributed by atoms with Crippen LogP contribution in [0.2, 0.25) is 0 Å². The third-order valence-corrected chi connectivity index (χ3v) is 0.515. The fourth-order valence-electron chi connectivity index (χ4n) is 0.123. The molecule has 7 heavy (non-hydrogen) atoms. The van der Waals surface area contributed by atoms with Crippen LogP contribution in [0.1, 0.15) is 6.92 Å². The summed E-state index contributed by atoms with van der Waals surface area (Å²) in [6, 6.07) is 0. The number of hydrogen-bond donors (Lipinski definition) is 1. The molecule has 0 aromatic rings. The smallest absolute Gasteiger partial charge is 0.216 e. The molecule has 0 fully saturated rings. The Morgan fingerprint density at radius 2 is 2.29 bits per heavy atom. The molecular weight excluding hydrogens is 172 g/mol. The van der Waals surface area contributed by atoms with Crippen LogP contribution in [0.15, 0.2) is 0 Å². The molecule has 0 aromatic carbocycles. The minimum atomic E-state index is 0. The third kappa shape index (κ3) is 10.8. The molecular formula is C3H6FeOS2. The van der Waals surface area contributed by atoms with Gasteiger partial charge in [0.05, 0.1) is 6.61 Å². The first-order valence-corrected chi connectivity index (χ1v) is 2.48. The number of hydrogen-bond acceptors (Lipinski definition) is 2. The second-order valence-electron chi connectivity index (χ2n) is 0.699. The SMILES string of the molecule is CCOC(=S)S.[Fe]. The average molecular weight is 178 g/mol. The number of rotatable bonds is 1. The van der Waals surface area contributed by atoms with Crippen LogP contribution in [0, 0.1) is 0 Å². The Hall–Kier alpha value is 0.759. The minimum absolute atomic E-state index is 0. The standard InChI is InChI=1S/C3H6OS2.Fe/c1-2-4-3(5)6;/h2H2,1H3,(H,5,6);. The topological polar surface area (TPSA) is 9.23 Å². The van der Waals surface area contributed by atoms with E-state index in [0.29, 0.717) is 11.0 Å². The van der Waals surface area contributed by atoms with Gasteiger partial charge in [-0.1, -0.05) is 12.6 Å². The zero-order chi connectivity index (χ0) is 4.99. The maximum Gasteiger partial charge on any atom is 0.216 e. The van der Waals surface area contributed by atoms with Gasteiger partial charge in [-0.3, -0.25) is 0 Å². The Bertz CT molecular complexity index is 56.9. The molecule has 0 radical (unpaired) electrons. The molecule has 0 saturated heterocycles. The van der Waals surface area contributed by atoms with Gasteiger partial charge in [0.1, 0.15) is 0 Å². The van der Waals surface area contributed by atoms with E-state index in [1.807, 2.05) is 6.92 Å². The number of ether oxygens (including phenoxy) is 1. The Morgan fingerprint density at radius 3 is 2.29 bits per heavy atom. The third-order valence-electron chi connectivity index (χ3n) is 0.268. The van der Waals surface area contributed by atoms with Gasteiger partial charge in [-0.2, -0.15) is 0 Å². The first-order chi connectivity index (χ1) is 2.77. The van der Waals surface area contributed by atoms with Gasteiger partial charge in [0, 0.05) is 17.1 Å². The van der Waals surface area contributed by atoms with E-state index in [-0.39, 0.29) is 17.1 Å². The van der Waals surface area contributed by atoms with E-state index in [1.165, 1.54) is 0 Å². The van der Waals surface area contributed by atoms with Gasteiger partial charge in [-0.15, -0.1) is 0 Å². The van der Waals surface area contributed by atoms with Gasteiger partial charge in [0.2, 0.25) is 4.38 Å². The molecule has 0 amide bonds. The largest absolute Gasteiger partial charge is 0.479 e. The van der Waals surface area contributed by atoms with Crippen molar-refractivity contribution in [1.29, 1.82) is 0 Å². The quantitative estimate of drug-likeness (QED) is 0.367. The minimum Gasteiger partial charge on any atom is -0.479 e. The molecule has 0 bridgehead atoms. The fraction of sp³-hybridized carbons (Fsp3) is 0.667. The first kappa shape index (κ1) is 10.7. The number of thiocarbonyl (C=S) groups is 1. The van der Waals surface area contributed by atoms with Crippen LogP contribution in [0.4, 0.5) is 0 Å². The molecule has 0 N–H and O–H groups in total. The summed E-state index contributed by atoms with van der Waals surface area (Å²) in [6.07, 6.45) is 0. The van der Waals surface area contributed by atoms with Crippen LogP contribution in [0.3, 0.4) is 0 Å². The van der Waals surface area contributed by atoms with Gasteiger partial charge >= 0.3 is 0 Å². The average Bonchev–Trinajstić information content (AvgIpc) is 1.35. The second-order valence-corrected chi connectivity index (χ2v) is 1.78. The summed E-state index contributed by atoms with van der Waals surface area (Å²) in [5.41, 5.74) is 0. The van der Waals surface area contributed by atoms with Gasteiger partial charge < -0.3 is 4.74 Å². The molecule has 4 heteroatoms. The number of thiol groups is 1. The van der Waals surface area contributed by atoms with E-state index in [9.17, 15) is 0 Å². The van der Waals surface area contributed by atoms with Crippen molar-refractivity contribution in [2.75, 3.05) is 6.61 Å². The maximum atomic E-state index is 4.64. The summed E-state index contributed by atoms with van der Waals surface area (Å²) in [5.74, 6) is 0. The van der Waals surface area contributed by atoms with Crippen LogP contribution >= 0.6 is 24.8 Å². The normalized spacial score (nSPS) is 6.57. The van der Waals surface area contributed by atoms with Crippen molar-refractivity contribution in [2.45, 2.75) is 6.92 Å². The van der Waals surface area contributed by atoms with Crippen LogP contribution in [-0.2, 0) is 21.8 Å². The fourth-order valence-corrected chi connectivity index (χ4v) is 0.370. The zero-order valence-electron chi connectivity index (χ0n) is 3.82. The molecule has 0 aliphatic heterocycles. The predicted molar refractivity (Wildman–Crippen MR) is 33.2 cm³/mol. The van der Waals surface area contributed by atoms with Gasteiger partial charge in [0.25, 0.3) is 0 Å². The van der Waals surface area contributed by atoms with E-state index < -0.39 is 0 Å². The first-order valence-electron chi connectivity index (χ1n) is 1.63. The Labute approximate surface area is 64.7 Å². The molecule has 0 atom stereocenters. The Balaban J connectivity index is 0. The summed E-state index contributed by atoms with van der Waals surface area (Å²) >= 11 is 8.12. The predicted octanol–water partition coefficient (Wildman–Crippen LogP) is 1.24. The summed E-state index contributed by atoms with van der Waals surface area (Å²) in [4.78, 5) is 0. The van der Waals surface area contributed by atoms with Crippen molar-refractivity contribution < 1.29 is 21.8 Å². The summed E-state index contributed by atoms with van der Waals surface area (Å²) < 4.78 is 4.95. The molecule has 0 unspecified atom stereocenters.